The number of rotatable bonds is 4. The molecule has 0 atom stereocenters. The quantitative estimate of drug-likeness (QED) is 0.572. The second-order valence-corrected chi connectivity index (χ2v) is 7.36. The highest BCUT2D eigenvalue weighted by Gasteiger charge is 2.16. The molecule has 0 aliphatic heterocycles. The minimum absolute atomic E-state index is 0.181. The fourth-order valence-corrected chi connectivity index (χ4v) is 4.44. The predicted octanol–water partition coefficient (Wildman–Crippen LogP) is 3.82. The van der Waals surface area contributed by atoms with Gasteiger partial charge in [0.2, 0.25) is 0 Å². The molecule has 2 heterocycles. The Bertz CT molecular complexity index is 957. The molecule has 0 radical (unpaired) electrons. The zero-order chi connectivity index (χ0) is 17.1. The molecule has 3 aromatic rings. The van der Waals surface area contributed by atoms with Crippen molar-refractivity contribution in [1.82, 2.24) is 15.3 Å². The molecule has 3 rings (SSSR count). The molecule has 1 N–H and O–H groups in total. The van der Waals surface area contributed by atoms with Crippen molar-refractivity contribution in [2.75, 3.05) is 6.54 Å². The molecule has 24 heavy (non-hydrogen) atoms. The number of nitrogens with zero attached hydrogens (tertiary/aromatic N) is 2. The Labute approximate surface area is 148 Å². The Hall–Kier alpha value is -2.36. The summed E-state index contributed by atoms with van der Waals surface area (Å²) in [6.45, 7) is 4.36. The van der Waals surface area contributed by atoms with Crippen molar-refractivity contribution in [3.63, 3.8) is 0 Å². The fourth-order valence-electron chi connectivity index (χ4n) is 2.30. The Morgan fingerprint density at radius 2 is 2.12 bits per heavy atom. The van der Waals surface area contributed by atoms with Gasteiger partial charge in [-0.15, -0.1) is 17.8 Å². The van der Waals surface area contributed by atoms with E-state index in [1.807, 2.05) is 18.2 Å². The van der Waals surface area contributed by atoms with Crippen molar-refractivity contribution in [2.24, 2.45) is 0 Å². The van der Waals surface area contributed by atoms with E-state index in [0.717, 1.165) is 20.1 Å². The lowest BCUT2D eigenvalue weighted by Crippen LogP contribution is -2.24. The fraction of sp³-hybridized carbons (Fsp3) is 0.167. The number of amides is 1. The van der Waals surface area contributed by atoms with Crippen LogP contribution in [0.4, 0.5) is 0 Å². The normalized spacial score (nSPS) is 10.5. The maximum atomic E-state index is 12.3. The van der Waals surface area contributed by atoms with Crippen LogP contribution >= 0.6 is 23.1 Å². The van der Waals surface area contributed by atoms with E-state index >= 15 is 0 Å². The van der Waals surface area contributed by atoms with E-state index < -0.39 is 0 Å². The number of aromatic nitrogens is 2. The van der Waals surface area contributed by atoms with Gasteiger partial charge in [-0.05, 0) is 31.5 Å². The van der Waals surface area contributed by atoms with Crippen LogP contribution in [-0.4, -0.2) is 22.4 Å². The highest BCUT2D eigenvalue weighted by molar-refractivity contribution is 7.99. The summed E-state index contributed by atoms with van der Waals surface area (Å²) in [6, 6.07) is 7.45. The highest BCUT2D eigenvalue weighted by atomic mass is 32.2. The van der Waals surface area contributed by atoms with Gasteiger partial charge in [-0.2, -0.15) is 0 Å². The number of hydrogen-bond donors (Lipinski definition) is 1. The summed E-state index contributed by atoms with van der Waals surface area (Å²) < 4.78 is 0. The summed E-state index contributed by atoms with van der Waals surface area (Å²) >= 11 is 3.14. The molecule has 0 unspecified atom stereocenters. The SMILES string of the molecule is C#CCNC(=O)c1ccccc1Sc1ncnc2sc(C)c(C)c12. The first-order valence-corrected chi connectivity index (χ1v) is 8.94. The summed E-state index contributed by atoms with van der Waals surface area (Å²) in [5.41, 5.74) is 1.78. The monoisotopic (exact) mass is 353 g/mol. The average Bonchev–Trinajstić information content (AvgIpc) is 2.88. The van der Waals surface area contributed by atoms with Crippen LogP contribution in [0.2, 0.25) is 0 Å². The molecule has 1 amide bonds. The van der Waals surface area contributed by atoms with Gasteiger partial charge in [0.25, 0.3) is 5.91 Å². The second kappa shape index (κ2) is 7.04. The van der Waals surface area contributed by atoms with Crippen LogP contribution in [0, 0.1) is 26.2 Å². The summed E-state index contributed by atoms with van der Waals surface area (Å²) in [4.78, 5) is 24.1. The van der Waals surface area contributed by atoms with E-state index in [0.29, 0.717) is 5.56 Å². The van der Waals surface area contributed by atoms with Crippen molar-refractivity contribution in [3.05, 3.63) is 46.6 Å². The molecule has 6 heteroatoms. The number of terminal acetylenes is 1. The highest BCUT2D eigenvalue weighted by Crippen LogP contribution is 2.38. The van der Waals surface area contributed by atoms with Gasteiger partial charge in [0.1, 0.15) is 16.2 Å². The van der Waals surface area contributed by atoms with Gasteiger partial charge in [-0.1, -0.05) is 29.8 Å². The molecule has 0 bridgehead atoms. The first kappa shape index (κ1) is 16.5. The second-order valence-electron chi connectivity index (χ2n) is 5.13. The van der Waals surface area contributed by atoms with Crippen molar-refractivity contribution in [2.45, 2.75) is 23.8 Å². The Morgan fingerprint density at radius 1 is 1.33 bits per heavy atom. The number of hydrogen-bond acceptors (Lipinski definition) is 5. The van der Waals surface area contributed by atoms with Crippen LogP contribution in [0.15, 0.2) is 40.5 Å². The molecule has 4 nitrogen and oxygen atoms in total. The summed E-state index contributed by atoms with van der Waals surface area (Å²) in [7, 11) is 0. The van der Waals surface area contributed by atoms with Gasteiger partial charge >= 0.3 is 0 Å². The van der Waals surface area contributed by atoms with E-state index in [9.17, 15) is 4.79 Å². The predicted molar refractivity (Wildman–Crippen MR) is 98.6 cm³/mol. The lowest BCUT2D eigenvalue weighted by Gasteiger charge is -2.09. The first-order valence-electron chi connectivity index (χ1n) is 7.31. The summed E-state index contributed by atoms with van der Waals surface area (Å²) in [5.74, 6) is 2.23. The molecule has 1 aromatic carbocycles. The average molecular weight is 353 g/mol. The zero-order valence-corrected chi connectivity index (χ0v) is 14.9. The topological polar surface area (TPSA) is 54.9 Å². The van der Waals surface area contributed by atoms with Crippen LogP contribution in [0.3, 0.4) is 0 Å². The maximum absolute atomic E-state index is 12.3. The van der Waals surface area contributed by atoms with Crippen molar-refractivity contribution in [1.29, 1.82) is 0 Å². The van der Waals surface area contributed by atoms with Crippen molar-refractivity contribution in [3.8, 4) is 12.3 Å². The molecule has 0 fully saturated rings. The van der Waals surface area contributed by atoms with Crippen LogP contribution in [0.25, 0.3) is 10.2 Å². The summed E-state index contributed by atoms with van der Waals surface area (Å²) in [6.07, 6.45) is 6.78. The zero-order valence-electron chi connectivity index (χ0n) is 13.3. The molecule has 2 aromatic heterocycles. The number of benzene rings is 1. The number of thiophene rings is 1. The smallest absolute Gasteiger partial charge is 0.253 e. The first-order chi connectivity index (χ1) is 11.6. The number of aryl methyl sites for hydroxylation is 2. The number of carbonyl (C=O) groups is 1. The maximum Gasteiger partial charge on any atom is 0.253 e. The van der Waals surface area contributed by atoms with Crippen molar-refractivity contribution < 1.29 is 4.79 Å². The lowest BCUT2D eigenvalue weighted by atomic mass is 10.2. The Kier molecular flexibility index (Phi) is 4.84. The Morgan fingerprint density at radius 3 is 2.92 bits per heavy atom. The minimum Gasteiger partial charge on any atom is -0.341 e. The molecular weight excluding hydrogens is 338 g/mol. The molecule has 0 aliphatic carbocycles. The molecule has 120 valence electrons. The third-order valence-electron chi connectivity index (χ3n) is 3.62. The van der Waals surface area contributed by atoms with Gasteiger partial charge in [0.15, 0.2) is 0 Å². The number of fused-ring (bicyclic) bond motifs is 1. The minimum atomic E-state index is -0.181. The van der Waals surface area contributed by atoms with E-state index in [4.69, 9.17) is 6.42 Å². The van der Waals surface area contributed by atoms with Gasteiger partial charge in [0.05, 0.1) is 12.1 Å². The molecule has 0 saturated heterocycles. The molecule has 0 saturated carbocycles. The van der Waals surface area contributed by atoms with Crippen LogP contribution in [0.5, 0.6) is 0 Å². The Balaban J connectivity index is 2.01. The number of nitrogens with one attached hydrogen (secondary N) is 1. The molecule has 0 aliphatic rings. The van der Waals surface area contributed by atoms with Crippen LogP contribution < -0.4 is 5.32 Å². The van der Waals surface area contributed by atoms with Gasteiger partial charge in [0, 0.05) is 15.2 Å². The third kappa shape index (κ3) is 3.14. The number of carbonyl (C=O) groups excluding carboxylic acids is 1. The largest absolute Gasteiger partial charge is 0.341 e. The third-order valence-corrected chi connectivity index (χ3v) is 5.81. The van der Waals surface area contributed by atoms with E-state index in [1.54, 1.807) is 23.7 Å². The van der Waals surface area contributed by atoms with Gasteiger partial charge < -0.3 is 5.32 Å². The molecular formula is C18H15N3OS2. The van der Waals surface area contributed by atoms with Gasteiger partial charge in [-0.25, -0.2) is 9.97 Å². The lowest BCUT2D eigenvalue weighted by molar-refractivity contribution is 0.0956. The van der Waals surface area contributed by atoms with Crippen LogP contribution in [0.1, 0.15) is 20.8 Å². The van der Waals surface area contributed by atoms with E-state index in [-0.39, 0.29) is 12.5 Å². The molecule has 0 spiro atoms. The summed E-state index contributed by atoms with van der Waals surface area (Å²) in [5, 5.41) is 4.63. The van der Waals surface area contributed by atoms with Crippen LogP contribution in [-0.2, 0) is 0 Å². The van der Waals surface area contributed by atoms with E-state index in [2.05, 4.69) is 35.1 Å². The van der Waals surface area contributed by atoms with E-state index in [1.165, 1.54) is 22.2 Å². The standard InChI is InChI=1S/C18H15N3OS2/c1-4-9-19-16(22)13-7-5-6-8-14(13)24-18-15-11(2)12(3)23-17(15)20-10-21-18/h1,5-8,10H,9H2,2-3H3,(H,19,22). The van der Waals surface area contributed by atoms with Crippen molar-refractivity contribution >= 4 is 39.2 Å². The van der Waals surface area contributed by atoms with Gasteiger partial charge in [-0.3, -0.25) is 4.79 Å².